The summed E-state index contributed by atoms with van der Waals surface area (Å²) < 4.78 is 14.0. The Labute approximate surface area is 100 Å². The predicted octanol–water partition coefficient (Wildman–Crippen LogP) is 2.39. The Balaban J connectivity index is 2.05. The number of nitrogens with zero attached hydrogens (tertiary/aromatic N) is 3. The van der Waals surface area contributed by atoms with Crippen LogP contribution in [0.4, 0.5) is 10.2 Å². The summed E-state index contributed by atoms with van der Waals surface area (Å²) in [5.74, 6) is -0.202. The molecule has 0 amide bonds. The van der Waals surface area contributed by atoms with Crippen molar-refractivity contribution in [1.82, 2.24) is 15.2 Å². The van der Waals surface area contributed by atoms with Gasteiger partial charge in [0.05, 0.1) is 12.2 Å². The summed E-state index contributed by atoms with van der Waals surface area (Å²) in [5, 5.41) is 10.4. The number of anilines is 1. The van der Waals surface area contributed by atoms with Crippen molar-refractivity contribution in [1.29, 1.82) is 0 Å². The average molecular weight is 283 g/mol. The molecular weight excluding hydrogens is 275 g/mol. The van der Waals surface area contributed by atoms with E-state index in [0.29, 0.717) is 11.0 Å². The first-order chi connectivity index (χ1) is 7.75. The number of halogens is 2. The van der Waals surface area contributed by atoms with Gasteiger partial charge in [-0.3, -0.25) is 0 Å². The zero-order valence-electron chi connectivity index (χ0n) is 8.19. The highest BCUT2D eigenvalue weighted by Gasteiger charge is 2.04. The second-order valence-corrected chi connectivity index (χ2v) is 3.97. The van der Waals surface area contributed by atoms with Crippen molar-refractivity contribution in [2.45, 2.75) is 6.54 Å². The van der Waals surface area contributed by atoms with Gasteiger partial charge < -0.3 is 5.32 Å². The smallest absolute Gasteiger partial charge is 0.166 e. The van der Waals surface area contributed by atoms with E-state index in [9.17, 15) is 4.39 Å². The molecule has 82 valence electrons. The van der Waals surface area contributed by atoms with E-state index in [2.05, 4.69) is 36.4 Å². The van der Waals surface area contributed by atoms with Gasteiger partial charge in [-0.1, -0.05) is 0 Å². The van der Waals surface area contributed by atoms with E-state index in [-0.39, 0.29) is 5.82 Å². The molecular formula is C10H8BrFN4. The molecule has 4 nitrogen and oxygen atoms in total. The van der Waals surface area contributed by atoms with Crippen molar-refractivity contribution in [3.8, 4) is 0 Å². The lowest BCUT2D eigenvalue weighted by molar-refractivity contribution is 0.623. The standard InChI is InChI=1S/C10H8BrFN4/c11-7-4-9(12)10(13-5-7)14-6-8-2-1-3-15-16-8/h1-5H,6H2,(H,13,14). The minimum atomic E-state index is -0.404. The molecule has 1 N–H and O–H groups in total. The molecule has 0 unspecified atom stereocenters. The SMILES string of the molecule is Fc1cc(Br)cnc1NCc1cccnn1. The zero-order valence-corrected chi connectivity index (χ0v) is 9.78. The van der Waals surface area contributed by atoms with Gasteiger partial charge in [0.2, 0.25) is 0 Å². The highest BCUT2D eigenvalue weighted by atomic mass is 79.9. The molecule has 0 atom stereocenters. The van der Waals surface area contributed by atoms with E-state index in [1.165, 1.54) is 12.3 Å². The van der Waals surface area contributed by atoms with E-state index in [4.69, 9.17) is 0 Å². The van der Waals surface area contributed by atoms with E-state index < -0.39 is 5.82 Å². The first kappa shape index (κ1) is 10.9. The second-order valence-electron chi connectivity index (χ2n) is 3.05. The molecule has 2 rings (SSSR count). The van der Waals surface area contributed by atoms with E-state index in [0.717, 1.165) is 5.69 Å². The number of hydrogen-bond acceptors (Lipinski definition) is 4. The topological polar surface area (TPSA) is 50.7 Å². The van der Waals surface area contributed by atoms with Gasteiger partial charge in [0.25, 0.3) is 0 Å². The van der Waals surface area contributed by atoms with Crippen LogP contribution in [0.1, 0.15) is 5.69 Å². The van der Waals surface area contributed by atoms with Crippen LogP contribution in [0.25, 0.3) is 0 Å². The van der Waals surface area contributed by atoms with Crippen molar-refractivity contribution in [2.75, 3.05) is 5.32 Å². The number of hydrogen-bond donors (Lipinski definition) is 1. The Hall–Kier alpha value is -1.56. The van der Waals surface area contributed by atoms with Crippen LogP contribution in [0.5, 0.6) is 0 Å². The van der Waals surface area contributed by atoms with Crippen molar-refractivity contribution in [2.24, 2.45) is 0 Å². The monoisotopic (exact) mass is 282 g/mol. The number of pyridine rings is 1. The summed E-state index contributed by atoms with van der Waals surface area (Å²) in [6.07, 6.45) is 3.12. The summed E-state index contributed by atoms with van der Waals surface area (Å²) in [7, 11) is 0. The zero-order chi connectivity index (χ0) is 11.4. The van der Waals surface area contributed by atoms with Crippen molar-refractivity contribution < 1.29 is 4.39 Å². The summed E-state index contributed by atoms with van der Waals surface area (Å²) in [5.41, 5.74) is 0.728. The highest BCUT2D eigenvalue weighted by molar-refractivity contribution is 9.10. The van der Waals surface area contributed by atoms with Crippen molar-refractivity contribution in [3.05, 3.63) is 46.6 Å². The van der Waals surface area contributed by atoms with Gasteiger partial charge in [-0.2, -0.15) is 10.2 Å². The fourth-order valence-electron chi connectivity index (χ4n) is 1.15. The first-order valence-corrected chi connectivity index (χ1v) is 5.36. The molecule has 0 aromatic carbocycles. The third-order valence-electron chi connectivity index (χ3n) is 1.87. The van der Waals surface area contributed by atoms with Gasteiger partial charge >= 0.3 is 0 Å². The third kappa shape index (κ3) is 2.73. The van der Waals surface area contributed by atoms with Gasteiger partial charge in [-0.05, 0) is 34.1 Å². The summed E-state index contributed by atoms with van der Waals surface area (Å²) in [6.45, 7) is 0.388. The van der Waals surface area contributed by atoms with Crippen LogP contribution < -0.4 is 5.32 Å². The maximum absolute atomic E-state index is 13.4. The molecule has 0 radical (unpaired) electrons. The van der Waals surface area contributed by atoms with Gasteiger partial charge in [0, 0.05) is 16.9 Å². The van der Waals surface area contributed by atoms with E-state index >= 15 is 0 Å². The molecule has 0 aliphatic heterocycles. The predicted molar refractivity (Wildman–Crippen MR) is 61.3 cm³/mol. The lowest BCUT2D eigenvalue weighted by Crippen LogP contribution is -2.05. The Morgan fingerprint density at radius 3 is 3.00 bits per heavy atom. The molecule has 0 fully saturated rings. The number of rotatable bonds is 3. The maximum Gasteiger partial charge on any atom is 0.166 e. The van der Waals surface area contributed by atoms with Crippen LogP contribution in [0.15, 0.2) is 35.1 Å². The van der Waals surface area contributed by atoms with Gasteiger partial charge in [0.15, 0.2) is 11.6 Å². The van der Waals surface area contributed by atoms with Gasteiger partial charge in [-0.25, -0.2) is 9.37 Å². The van der Waals surface area contributed by atoms with E-state index in [1.54, 1.807) is 18.3 Å². The molecule has 0 saturated heterocycles. The quantitative estimate of drug-likeness (QED) is 0.939. The summed E-state index contributed by atoms with van der Waals surface area (Å²) in [6, 6.07) is 4.93. The molecule has 2 aromatic heterocycles. The maximum atomic E-state index is 13.4. The van der Waals surface area contributed by atoms with E-state index in [1.807, 2.05) is 0 Å². The van der Waals surface area contributed by atoms with Crippen LogP contribution >= 0.6 is 15.9 Å². The second kappa shape index (κ2) is 4.98. The van der Waals surface area contributed by atoms with Gasteiger partial charge in [0.1, 0.15) is 0 Å². The molecule has 0 bridgehead atoms. The van der Waals surface area contributed by atoms with Gasteiger partial charge in [-0.15, -0.1) is 0 Å². The van der Waals surface area contributed by atoms with Crippen molar-refractivity contribution in [3.63, 3.8) is 0 Å². The Bertz CT molecular complexity index is 478. The molecule has 0 aliphatic carbocycles. The largest absolute Gasteiger partial charge is 0.362 e. The van der Waals surface area contributed by atoms with Crippen LogP contribution in [0, 0.1) is 5.82 Å². The van der Waals surface area contributed by atoms with Crippen LogP contribution in [-0.4, -0.2) is 15.2 Å². The molecule has 0 aliphatic rings. The summed E-state index contributed by atoms with van der Waals surface area (Å²) >= 11 is 3.14. The minimum absolute atomic E-state index is 0.203. The fourth-order valence-corrected chi connectivity index (χ4v) is 1.45. The molecule has 0 spiro atoms. The molecule has 6 heteroatoms. The third-order valence-corrected chi connectivity index (χ3v) is 2.31. The first-order valence-electron chi connectivity index (χ1n) is 4.57. The van der Waals surface area contributed by atoms with Crippen LogP contribution in [0.3, 0.4) is 0 Å². The molecule has 2 aromatic rings. The number of aromatic nitrogens is 3. The molecule has 2 heterocycles. The van der Waals surface area contributed by atoms with Crippen LogP contribution in [0.2, 0.25) is 0 Å². The normalized spacial score (nSPS) is 10.1. The lowest BCUT2D eigenvalue weighted by Gasteiger charge is -2.05. The average Bonchev–Trinajstić information content (AvgIpc) is 2.29. The molecule has 16 heavy (non-hydrogen) atoms. The Morgan fingerprint density at radius 1 is 1.44 bits per heavy atom. The lowest BCUT2D eigenvalue weighted by atomic mass is 10.4. The van der Waals surface area contributed by atoms with Crippen molar-refractivity contribution >= 4 is 21.7 Å². The Kier molecular flexibility index (Phi) is 3.40. The Morgan fingerprint density at radius 2 is 2.31 bits per heavy atom. The minimum Gasteiger partial charge on any atom is -0.362 e. The number of nitrogens with one attached hydrogen (secondary N) is 1. The summed E-state index contributed by atoms with van der Waals surface area (Å²) in [4.78, 5) is 3.91. The van der Waals surface area contributed by atoms with Crippen LogP contribution in [-0.2, 0) is 6.54 Å². The highest BCUT2D eigenvalue weighted by Crippen LogP contribution is 2.16. The molecule has 0 saturated carbocycles. The fraction of sp³-hybridized carbons (Fsp3) is 0.100.